The van der Waals surface area contributed by atoms with Crippen LogP contribution in [0.25, 0.3) is 6.08 Å². The molecule has 0 unspecified atom stereocenters. The number of methoxy groups -OCH3 is 2. The smallest absolute Gasteiger partial charge is 0.271 e. The maximum absolute atomic E-state index is 12.2. The Morgan fingerprint density at radius 2 is 1.75 bits per heavy atom. The van der Waals surface area contributed by atoms with Gasteiger partial charge < -0.3 is 19.5 Å². The molecule has 0 radical (unpaired) electrons. The molecule has 0 aliphatic carbocycles. The van der Waals surface area contributed by atoms with E-state index in [2.05, 4.69) is 5.32 Å². The van der Waals surface area contributed by atoms with Crippen LogP contribution in [-0.2, 0) is 4.79 Å². The fourth-order valence-corrected chi connectivity index (χ4v) is 2.39. The molecule has 0 saturated carbocycles. The fraction of sp³-hybridized carbons (Fsp3) is 0.250. The SMILES string of the molecule is COc1ccc([N+](=O)[O-])cc1NC(=O)C=Cc1ccc(OC(C)C)c(OC)c1. The molecule has 8 heteroatoms. The molecule has 0 atom stereocenters. The van der Waals surface area contributed by atoms with Crippen LogP contribution < -0.4 is 19.5 Å². The summed E-state index contributed by atoms with van der Waals surface area (Å²) in [5, 5.41) is 13.5. The van der Waals surface area contributed by atoms with E-state index in [1.807, 2.05) is 13.8 Å². The van der Waals surface area contributed by atoms with Crippen molar-refractivity contribution in [3.63, 3.8) is 0 Å². The summed E-state index contributed by atoms with van der Waals surface area (Å²) in [4.78, 5) is 22.6. The third-order valence-electron chi connectivity index (χ3n) is 3.63. The van der Waals surface area contributed by atoms with Crippen LogP contribution in [0.15, 0.2) is 42.5 Å². The highest BCUT2D eigenvalue weighted by molar-refractivity contribution is 6.03. The second kappa shape index (κ2) is 9.40. The Morgan fingerprint density at radius 3 is 2.36 bits per heavy atom. The predicted molar refractivity (Wildman–Crippen MR) is 106 cm³/mol. The zero-order chi connectivity index (χ0) is 20.7. The van der Waals surface area contributed by atoms with Crippen LogP contribution >= 0.6 is 0 Å². The van der Waals surface area contributed by atoms with Gasteiger partial charge >= 0.3 is 0 Å². The topological polar surface area (TPSA) is 99.9 Å². The number of hydrogen-bond acceptors (Lipinski definition) is 6. The van der Waals surface area contributed by atoms with E-state index in [1.54, 1.807) is 24.3 Å². The summed E-state index contributed by atoms with van der Waals surface area (Å²) in [5.41, 5.74) is 0.796. The molecule has 2 aromatic rings. The van der Waals surface area contributed by atoms with E-state index in [0.717, 1.165) is 5.56 Å². The molecule has 2 aromatic carbocycles. The lowest BCUT2D eigenvalue weighted by molar-refractivity contribution is -0.384. The fourth-order valence-electron chi connectivity index (χ4n) is 2.39. The quantitative estimate of drug-likeness (QED) is 0.417. The number of hydrogen-bond donors (Lipinski definition) is 1. The largest absolute Gasteiger partial charge is 0.495 e. The number of nitro groups is 1. The van der Waals surface area contributed by atoms with Crippen molar-refractivity contribution in [1.29, 1.82) is 0 Å². The van der Waals surface area contributed by atoms with E-state index in [-0.39, 0.29) is 17.5 Å². The van der Waals surface area contributed by atoms with Gasteiger partial charge in [0.15, 0.2) is 11.5 Å². The number of nitrogens with one attached hydrogen (secondary N) is 1. The predicted octanol–water partition coefficient (Wildman–Crippen LogP) is 4.05. The van der Waals surface area contributed by atoms with Gasteiger partial charge in [0.2, 0.25) is 5.91 Å². The molecule has 1 amide bonds. The molecule has 0 heterocycles. The van der Waals surface area contributed by atoms with E-state index in [9.17, 15) is 14.9 Å². The van der Waals surface area contributed by atoms with Crippen LogP contribution in [0.4, 0.5) is 11.4 Å². The molecular weight excluding hydrogens is 364 g/mol. The third kappa shape index (κ3) is 5.47. The highest BCUT2D eigenvalue weighted by Crippen LogP contribution is 2.30. The van der Waals surface area contributed by atoms with E-state index >= 15 is 0 Å². The van der Waals surface area contributed by atoms with Crippen LogP contribution in [0.1, 0.15) is 19.4 Å². The highest BCUT2D eigenvalue weighted by atomic mass is 16.6. The Labute approximate surface area is 162 Å². The lowest BCUT2D eigenvalue weighted by Gasteiger charge is -2.13. The minimum Gasteiger partial charge on any atom is -0.495 e. The van der Waals surface area contributed by atoms with Gasteiger partial charge in [-0.1, -0.05) is 6.07 Å². The van der Waals surface area contributed by atoms with Crippen LogP contribution in [0, 0.1) is 10.1 Å². The van der Waals surface area contributed by atoms with Crippen molar-refractivity contribution in [2.24, 2.45) is 0 Å². The lowest BCUT2D eigenvalue weighted by Crippen LogP contribution is -2.09. The number of ether oxygens (including phenoxy) is 3. The highest BCUT2D eigenvalue weighted by Gasteiger charge is 2.13. The first-order valence-electron chi connectivity index (χ1n) is 8.50. The van der Waals surface area contributed by atoms with Crippen LogP contribution in [0.2, 0.25) is 0 Å². The van der Waals surface area contributed by atoms with Crippen molar-refractivity contribution < 1.29 is 23.9 Å². The molecule has 0 aliphatic rings. The normalized spacial score (nSPS) is 10.8. The van der Waals surface area contributed by atoms with Gasteiger partial charge in [-0.25, -0.2) is 0 Å². The number of rotatable bonds is 8. The minimum atomic E-state index is -0.544. The number of benzene rings is 2. The summed E-state index contributed by atoms with van der Waals surface area (Å²) in [6.07, 6.45) is 2.92. The van der Waals surface area contributed by atoms with Crippen molar-refractivity contribution in [2.75, 3.05) is 19.5 Å². The summed E-state index contributed by atoms with van der Waals surface area (Å²) in [6, 6.07) is 9.27. The molecule has 0 aromatic heterocycles. The zero-order valence-electron chi connectivity index (χ0n) is 16.1. The maximum atomic E-state index is 12.2. The van der Waals surface area contributed by atoms with E-state index in [1.165, 1.54) is 38.5 Å². The van der Waals surface area contributed by atoms with Crippen molar-refractivity contribution >= 4 is 23.4 Å². The van der Waals surface area contributed by atoms with E-state index in [4.69, 9.17) is 14.2 Å². The Hall–Kier alpha value is -3.55. The van der Waals surface area contributed by atoms with Crippen LogP contribution in [0.5, 0.6) is 17.2 Å². The first kappa shape index (κ1) is 20.8. The first-order valence-corrected chi connectivity index (χ1v) is 8.50. The molecular formula is C20H22N2O6. The Balaban J connectivity index is 2.16. The average molecular weight is 386 g/mol. The van der Waals surface area contributed by atoms with Crippen LogP contribution in [-0.4, -0.2) is 31.2 Å². The summed E-state index contributed by atoms with van der Waals surface area (Å²) in [7, 11) is 2.96. The second-order valence-corrected chi connectivity index (χ2v) is 6.04. The zero-order valence-corrected chi connectivity index (χ0v) is 16.1. The van der Waals surface area contributed by atoms with Gasteiger partial charge in [0, 0.05) is 18.2 Å². The van der Waals surface area contributed by atoms with Gasteiger partial charge in [-0.2, -0.15) is 0 Å². The van der Waals surface area contributed by atoms with Gasteiger partial charge in [0.25, 0.3) is 5.69 Å². The van der Waals surface area contributed by atoms with E-state index in [0.29, 0.717) is 17.2 Å². The number of non-ortho nitro benzene ring substituents is 1. The van der Waals surface area contributed by atoms with Gasteiger partial charge in [-0.15, -0.1) is 0 Å². The Morgan fingerprint density at radius 1 is 1.07 bits per heavy atom. The van der Waals surface area contributed by atoms with Crippen molar-refractivity contribution in [2.45, 2.75) is 20.0 Å². The van der Waals surface area contributed by atoms with Crippen molar-refractivity contribution in [1.82, 2.24) is 0 Å². The Bertz CT molecular complexity index is 892. The monoisotopic (exact) mass is 386 g/mol. The number of nitrogens with zero attached hydrogens (tertiary/aromatic N) is 1. The number of carbonyl (C=O) groups is 1. The summed E-state index contributed by atoms with van der Waals surface area (Å²) in [6.45, 7) is 3.83. The number of nitro benzene ring substituents is 1. The molecule has 0 fully saturated rings. The lowest BCUT2D eigenvalue weighted by atomic mass is 10.2. The number of anilines is 1. The molecule has 1 N–H and O–H groups in total. The molecule has 8 nitrogen and oxygen atoms in total. The average Bonchev–Trinajstić information content (AvgIpc) is 2.66. The second-order valence-electron chi connectivity index (χ2n) is 6.04. The molecule has 148 valence electrons. The van der Waals surface area contributed by atoms with Gasteiger partial charge in [-0.3, -0.25) is 14.9 Å². The number of carbonyl (C=O) groups excluding carboxylic acids is 1. The van der Waals surface area contributed by atoms with Crippen molar-refractivity contribution in [3.05, 3.63) is 58.2 Å². The summed E-state index contributed by atoms with van der Waals surface area (Å²) < 4.78 is 16.1. The molecule has 2 rings (SSSR count). The van der Waals surface area contributed by atoms with Crippen molar-refractivity contribution in [3.8, 4) is 17.2 Å². The van der Waals surface area contributed by atoms with Gasteiger partial charge in [0.05, 0.1) is 30.9 Å². The third-order valence-corrected chi connectivity index (χ3v) is 3.63. The summed E-state index contributed by atoms with van der Waals surface area (Å²) >= 11 is 0. The summed E-state index contributed by atoms with van der Waals surface area (Å²) in [5.74, 6) is 1.03. The number of amides is 1. The molecule has 0 spiro atoms. The first-order chi connectivity index (χ1) is 13.3. The molecule has 0 saturated heterocycles. The van der Waals surface area contributed by atoms with Gasteiger partial charge in [-0.05, 0) is 43.7 Å². The molecule has 28 heavy (non-hydrogen) atoms. The molecule has 0 bridgehead atoms. The van der Waals surface area contributed by atoms with Gasteiger partial charge in [0.1, 0.15) is 5.75 Å². The standard InChI is InChI=1S/C20H22N2O6/c1-13(2)28-18-8-5-14(11-19(18)27-4)6-10-20(23)21-16-12-15(22(24)25)7-9-17(16)26-3/h5-13H,1-4H3,(H,21,23). The molecule has 0 aliphatic heterocycles. The Kier molecular flexibility index (Phi) is 6.97. The minimum absolute atomic E-state index is 0.00554. The maximum Gasteiger partial charge on any atom is 0.271 e. The van der Waals surface area contributed by atoms with E-state index < -0.39 is 10.8 Å². The van der Waals surface area contributed by atoms with Crippen LogP contribution in [0.3, 0.4) is 0 Å².